The Bertz CT molecular complexity index is 279. The molecule has 0 spiro atoms. The molecule has 0 bridgehead atoms. The second kappa shape index (κ2) is 9.84. The van der Waals surface area contributed by atoms with Crippen LogP contribution in [-0.4, -0.2) is 50.6 Å². The van der Waals surface area contributed by atoms with Crippen LogP contribution < -0.4 is 5.32 Å². The summed E-state index contributed by atoms with van der Waals surface area (Å²) in [5.74, 6) is 2.04. The van der Waals surface area contributed by atoms with Gasteiger partial charge < -0.3 is 15.0 Å². The zero-order valence-electron chi connectivity index (χ0n) is 12.7. The smallest absolute Gasteiger partial charge is 0.0954 e. The zero-order valence-corrected chi connectivity index (χ0v) is 12.7. The second-order valence-electron chi connectivity index (χ2n) is 5.06. The van der Waals surface area contributed by atoms with E-state index < -0.39 is 0 Å². The third kappa shape index (κ3) is 7.88. The topological polar surface area (TPSA) is 36.9 Å². The molecule has 1 aliphatic heterocycles. The minimum atomic E-state index is 0.881. The summed E-state index contributed by atoms with van der Waals surface area (Å²) < 4.78 is 5.22. The minimum Gasteiger partial charge on any atom is -0.501 e. The van der Waals surface area contributed by atoms with Gasteiger partial charge in [-0.1, -0.05) is 13.0 Å². The highest BCUT2D eigenvalue weighted by Gasteiger charge is 2.20. The lowest BCUT2D eigenvalue weighted by Gasteiger charge is -2.28. The molecule has 4 heteroatoms. The summed E-state index contributed by atoms with van der Waals surface area (Å²) in [6, 6.07) is 0. The van der Waals surface area contributed by atoms with Gasteiger partial charge in [-0.15, -0.1) is 0 Å². The van der Waals surface area contributed by atoms with Crippen molar-refractivity contribution >= 4 is 5.84 Å². The van der Waals surface area contributed by atoms with E-state index >= 15 is 0 Å². The van der Waals surface area contributed by atoms with E-state index in [4.69, 9.17) is 4.74 Å². The first-order valence-corrected chi connectivity index (χ1v) is 7.43. The van der Waals surface area contributed by atoms with Gasteiger partial charge in [0.15, 0.2) is 0 Å². The molecule has 0 amide bonds. The SMILES string of the molecule is CC/C=C/OCC1CC1.CN=C(C)N1CCNCC1. The fourth-order valence-corrected chi connectivity index (χ4v) is 1.77. The summed E-state index contributed by atoms with van der Waals surface area (Å²) in [5, 5.41) is 3.30. The molecule has 110 valence electrons. The highest BCUT2D eigenvalue weighted by molar-refractivity contribution is 5.79. The first-order valence-electron chi connectivity index (χ1n) is 7.43. The Morgan fingerprint density at radius 2 is 2.05 bits per heavy atom. The minimum absolute atomic E-state index is 0.881. The molecule has 2 rings (SSSR count). The molecule has 0 radical (unpaired) electrons. The van der Waals surface area contributed by atoms with Crippen LogP contribution in [0, 0.1) is 5.92 Å². The Kier molecular flexibility index (Phi) is 8.30. The molecule has 0 aromatic rings. The summed E-state index contributed by atoms with van der Waals surface area (Å²) in [6.07, 6.45) is 7.69. The predicted octanol–water partition coefficient (Wildman–Crippen LogP) is 2.28. The quantitative estimate of drug-likeness (QED) is 0.482. The van der Waals surface area contributed by atoms with Crippen LogP contribution >= 0.6 is 0 Å². The average molecular weight is 267 g/mol. The van der Waals surface area contributed by atoms with Crippen LogP contribution in [0.15, 0.2) is 17.3 Å². The Morgan fingerprint density at radius 1 is 1.37 bits per heavy atom. The van der Waals surface area contributed by atoms with E-state index in [1.165, 1.54) is 12.8 Å². The van der Waals surface area contributed by atoms with E-state index in [0.29, 0.717) is 0 Å². The largest absolute Gasteiger partial charge is 0.501 e. The fourth-order valence-electron chi connectivity index (χ4n) is 1.77. The number of nitrogens with one attached hydrogen (secondary N) is 1. The van der Waals surface area contributed by atoms with Crippen LogP contribution in [0.25, 0.3) is 0 Å². The maximum absolute atomic E-state index is 5.22. The van der Waals surface area contributed by atoms with Crippen molar-refractivity contribution in [3.63, 3.8) is 0 Å². The Balaban J connectivity index is 0.000000191. The number of aliphatic imine (C=N–C) groups is 1. The van der Waals surface area contributed by atoms with E-state index in [2.05, 4.69) is 29.1 Å². The van der Waals surface area contributed by atoms with Crippen LogP contribution in [0.5, 0.6) is 0 Å². The first kappa shape index (κ1) is 16.0. The maximum Gasteiger partial charge on any atom is 0.0954 e. The van der Waals surface area contributed by atoms with E-state index in [1.807, 2.05) is 19.4 Å². The van der Waals surface area contributed by atoms with Gasteiger partial charge in [-0.3, -0.25) is 4.99 Å². The lowest BCUT2D eigenvalue weighted by molar-refractivity contribution is 0.234. The van der Waals surface area contributed by atoms with Gasteiger partial charge in [0, 0.05) is 33.2 Å². The maximum atomic E-state index is 5.22. The molecule has 1 N–H and O–H groups in total. The van der Waals surface area contributed by atoms with Crippen LogP contribution in [0.4, 0.5) is 0 Å². The van der Waals surface area contributed by atoms with Crippen molar-refractivity contribution in [1.29, 1.82) is 0 Å². The highest BCUT2D eigenvalue weighted by Crippen LogP contribution is 2.28. The van der Waals surface area contributed by atoms with Crippen LogP contribution in [0.2, 0.25) is 0 Å². The van der Waals surface area contributed by atoms with Crippen molar-refractivity contribution in [2.45, 2.75) is 33.1 Å². The van der Waals surface area contributed by atoms with Crippen molar-refractivity contribution in [3.8, 4) is 0 Å². The third-order valence-electron chi connectivity index (χ3n) is 3.36. The van der Waals surface area contributed by atoms with E-state index in [9.17, 15) is 0 Å². The van der Waals surface area contributed by atoms with Crippen molar-refractivity contribution in [2.24, 2.45) is 10.9 Å². The zero-order chi connectivity index (χ0) is 13.9. The van der Waals surface area contributed by atoms with Crippen LogP contribution in [0.1, 0.15) is 33.1 Å². The van der Waals surface area contributed by atoms with Crippen LogP contribution in [0.3, 0.4) is 0 Å². The molecular weight excluding hydrogens is 238 g/mol. The molecule has 1 aliphatic carbocycles. The van der Waals surface area contributed by atoms with E-state index in [1.54, 1.807) is 0 Å². The Hall–Kier alpha value is -1.03. The van der Waals surface area contributed by atoms with Gasteiger partial charge in [0.05, 0.1) is 18.7 Å². The molecule has 4 nitrogen and oxygen atoms in total. The molecular formula is C15H29N3O. The van der Waals surface area contributed by atoms with Gasteiger partial charge >= 0.3 is 0 Å². The summed E-state index contributed by atoms with van der Waals surface area (Å²) in [6.45, 7) is 9.49. The van der Waals surface area contributed by atoms with Gasteiger partial charge in [-0.2, -0.15) is 0 Å². The molecule has 1 saturated heterocycles. The number of nitrogens with zero attached hydrogens (tertiary/aromatic N) is 2. The summed E-state index contributed by atoms with van der Waals surface area (Å²) in [7, 11) is 1.84. The van der Waals surface area contributed by atoms with E-state index in [0.717, 1.165) is 51.0 Å². The summed E-state index contributed by atoms with van der Waals surface area (Å²) in [5.41, 5.74) is 0. The normalized spacial score (nSPS) is 20.2. The number of hydrogen-bond donors (Lipinski definition) is 1. The molecule has 2 aliphatic rings. The van der Waals surface area contributed by atoms with Crippen molar-refractivity contribution < 1.29 is 4.74 Å². The lowest BCUT2D eigenvalue weighted by atomic mass is 10.3. The standard InChI is InChI=1S/C8H14O.C7H15N3/c1-2-3-6-9-7-8-4-5-8;1-7(8-2)10-5-3-9-4-6-10/h3,6,8H,2,4-5,7H2,1H3;9H,3-6H2,1-2H3/b6-3+;. The number of allylic oxidation sites excluding steroid dienone is 1. The van der Waals surface area contributed by atoms with Crippen molar-refractivity contribution in [3.05, 3.63) is 12.3 Å². The fraction of sp³-hybridized carbons (Fsp3) is 0.800. The van der Waals surface area contributed by atoms with Gasteiger partial charge in [0.1, 0.15) is 0 Å². The Morgan fingerprint density at radius 3 is 2.58 bits per heavy atom. The molecule has 0 atom stereocenters. The summed E-state index contributed by atoms with van der Waals surface area (Å²) >= 11 is 0. The van der Waals surface area contributed by atoms with Gasteiger partial charge in [0.2, 0.25) is 0 Å². The highest BCUT2D eigenvalue weighted by atomic mass is 16.5. The average Bonchev–Trinajstić information content (AvgIpc) is 3.29. The molecule has 0 aromatic carbocycles. The van der Waals surface area contributed by atoms with Crippen LogP contribution in [-0.2, 0) is 4.74 Å². The van der Waals surface area contributed by atoms with Crippen molar-refractivity contribution in [1.82, 2.24) is 10.2 Å². The van der Waals surface area contributed by atoms with Gasteiger partial charge in [-0.05, 0) is 32.1 Å². The monoisotopic (exact) mass is 267 g/mol. The molecule has 0 aromatic heterocycles. The molecule has 0 unspecified atom stereocenters. The summed E-state index contributed by atoms with van der Waals surface area (Å²) in [4.78, 5) is 6.43. The molecule has 2 fully saturated rings. The molecule has 1 saturated carbocycles. The number of hydrogen-bond acceptors (Lipinski definition) is 3. The lowest BCUT2D eigenvalue weighted by Crippen LogP contribution is -2.45. The van der Waals surface area contributed by atoms with Crippen molar-refractivity contribution in [2.75, 3.05) is 39.8 Å². The van der Waals surface area contributed by atoms with Gasteiger partial charge in [0.25, 0.3) is 0 Å². The number of amidine groups is 1. The number of rotatable bonds is 4. The first-order chi connectivity index (χ1) is 9.27. The van der Waals surface area contributed by atoms with Gasteiger partial charge in [-0.25, -0.2) is 0 Å². The third-order valence-corrected chi connectivity index (χ3v) is 3.36. The van der Waals surface area contributed by atoms with E-state index in [-0.39, 0.29) is 0 Å². The molecule has 19 heavy (non-hydrogen) atoms. The molecule has 1 heterocycles. The second-order valence-corrected chi connectivity index (χ2v) is 5.06. The Labute approximate surface area is 117 Å². The number of piperazine rings is 1. The number of ether oxygens (including phenoxy) is 1. The predicted molar refractivity (Wildman–Crippen MR) is 81.6 cm³/mol.